The first-order chi connectivity index (χ1) is 15.6. The molecule has 0 aliphatic rings. The van der Waals surface area contributed by atoms with Gasteiger partial charge in [-0.3, -0.25) is 9.36 Å². The van der Waals surface area contributed by atoms with E-state index in [4.69, 9.17) is 11.6 Å². The Morgan fingerprint density at radius 1 is 0.906 bits per heavy atom. The molecule has 0 saturated carbocycles. The van der Waals surface area contributed by atoms with Gasteiger partial charge in [-0.1, -0.05) is 96.2 Å². The highest BCUT2D eigenvalue weighted by Gasteiger charge is 2.19. The molecule has 7 heteroatoms. The molecule has 0 fully saturated rings. The molecule has 32 heavy (non-hydrogen) atoms. The van der Waals surface area contributed by atoms with Crippen molar-refractivity contribution in [1.82, 2.24) is 19.7 Å². The molecule has 0 unspecified atom stereocenters. The molecule has 0 spiro atoms. The van der Waals surface area contributed by atoms with Crippen molar-refractivity contribution in [2.75, 3.05) is 12.8 Å². The van der Waals surface area contributed by atoms with E-state index in [-0.39, 0.29) is 11.7 Å². The quantitative estimate of drug-likeness (QED) is 0.329. The molecule has 1 amide bonds. The summed E-state index contributed by atoms with van der Waals surface area (Å²) >= 11 is 7.83. The van der Waals surface area contributed by atoms with Crippen LogP contribution in [0, 0.1) is 0 Å². The molecule has 1 heterocycles. The largest absolute Gasteiger partial charge is 0.341 e. The Balaban J connectivity index is 1.54. The normalized spacial score (nSPS) is 10.8. The highest BCUT2D eigenvalue weighted by Crippen LogP contribution is 2.30. The zero-order valence-electron chi connectivity index (χ0n) is 17.7. The van der Waals surface area contributed by atoms with Crippen molar-refractivity contribution in [3.05, 3.63) is 101 Å². The number of rotatable bonds is 8. The lowest BCUT2D eigenvalue weighted by molar-refractivity contribution is -0.127. The summed E-state index contributed by atoms with van der Waals surface area (Å²) in [5.74, 6) is 0.998. The van der Waals surface area contributed by atoms with Crippen LogP contribution in [0.25, 0.3) is 11.4 Å². The van der Waals surface area contributed by atoms with Gasteiger partial charge >= 0.3 is 0 Å². The van der Waals surface area contributed by atoms with E-state index in [0.717, 1.165) is 16.7 Å². The van der Waals surface area contributed by atoms with E-state index in [9.17, 15) is 4.79 Å². The number of benzene rings is 3. The molecule has 0 atom stereocenters. The van der Waals surface area contributed by atoms with Crippen LogP contribution in [-0.4, -0.2) is 38.4 Å². The fraction of sp³-hybridized carbons (Fsp3) is 0.160. The molecule has 5 nitrogen and oxygen atoms in total. The van der Waals surface area contributed by atoms with E-state index in [1.807, 2.05) is 84.4 Å². The van der Waals surface area contributed by atoms with Crippen LogP contribution in [0.2, 0.25) is 5.02 Å². The minimum absolute atomic E-state index is 0.0346. The van der Waals surface area contributed by atoms with Crippen molar-refractivity contribution in [3.63, 3.8) is 0 Å². The number of amides is 1. The van der Waals surface area contributed by atoms with Gasteiger partial charge in [0.15, 0.2) is 11.0 Å². The van der Waals surface area contributed by atoms with Crippen LogP contribution in [0.4, 0.5) is 0 Å². The fourth-order valence-electron chi connectivity index (χ4n) is 3.33. The van der Waals surface area contributed by atoms with Crippen molar-refractivity contribution in [2.45, 2.75) is 18.2 Å². The predicted molar refractivity (Wildman–Crippen MR) is 130 cm³/mol. The Labute approximate surface area is 197 Å². The summed E-state index contributed by atoms with van der Waals surface area (Å²) in [6.07, 6.45) is 0. The van der Waals surface area contributed by atoms with Crippen LogP contribution in [0.3, 0.4) is 0 Å². The molecule has 162 valence electrons. The molecule has 0 aliphatic heterocycles. The molecule has 3 aromatic carbocycles. The Bertz CT molecular complexity index is 1180. The highest BCUT2D eigenvalue weighted by atomic mass is 35.5. The third-order valence-corrected chi connectivity index (χ3v) is 6.31. The molecular formula is C25H23ClN4OS. The zero-order valence-corrected chi connectivity index (χ0v) is 19.3. The summed E-state index contributed by atoms with van der Waals surface area (Å²) in [6.45, 7) is 1.16. The summed E-state index contributed by atoms with van der Waals surface area (Å²) in [6, 6.07) is 27.7. The summed E-state index contributed by atoms with van der Waals surface area (Å²) in [4.78, 5) is 14.5. The molecule has 1 aromatic heterocycles. The van der Waals surface area contributed by atoms with E-state index in [1.165, 1.54) is 11.8 Å². The lowest BCUT2D eigenvalue weighted by atomic mass is 10.2. The number of carbonyl (C=O) groups excluding carboxylic acids is 1. The maximum atomic E-state index is 12.7. The van der Waals surface area contributed by atoms with Crippen LogP contribution in [-0.2, 0) is 17.9 Å². The third kappa shape index (κ3) is 5.39. The lowest BCUT2D eigenvalue weighted by Gasteiger charge is -2.17. The van der Waals surface area contributed by atoms with Crippen molar-refractivity contribution < 1.29 is 4.79 Å². The van der Waals surface area contributed by atoms with Gasteiger partial charge in [0.2, 0.25) is 5.91 Å². The number of thioether (sulfide) groups is 1. The van der Waals surface area contributed by atoms with Gasteiger partial charge in [-0.2, -0.15) is 0 Å². The molecule has 0 bridgehead atoms. The molecule has 4 aromatic rings. The first kappa shape index (κ1) is 22.1. The van der Waals surface area contributed by atoms with Crippen molar-refractivity contribution in [1.29, 1.82) is 0 Å². The predicted octanol–water partition coefficient (Wildman–Crippen LogP) is 5.40. The van der Waals surface area contributed by atoms with Gasteiger partial charge in [0, 0.05) is 19.2 Å². The van der Waals surface area contributed by atoms with E-state index in [2.05, 4.69) is 22.3 Å². The standard InChI is InChI=1S/C25H23ClN4OS/c1-29(16-19-10-4-2-5-11-19)23(31)18-32-25-28-27-24(21-14-8-9-15-22(21)26)30(25)17-20-12-6-3-7-13-20/h2-15H,16-18H2,1H3. The van der Waals surface area contributed by atoms with Crippen molar-refractivity contribution >= 4 is 29.3 Å². The highest BCUT2D eigenvalue weighted by molar-refractivity contribution is 7.99. The lowest BCUT2D eigenvalue weighted by Crippen LogP contribution is -2.27. The van der Waals surface area contributed by atoms with Crippen LogP contribution in [0.1, 0.15) is 11.1 Å². The minimum Gasteiger partial charge on any atom is -0.341 e. The number of nitrogens with zero attached hydrogens (tertiary/aromatic N) is 4. The Morgan fingerprint density at radius 3 is 2.22 bits per heavy atom. The number of aromatic nitrogens is 3. The van der Waals surface area contributed by atoms with E-state index in [0.29, 0.717) is 29.1 Å². The Kier molecular flexibility index (Phi) is 7.24. The summed E-state index contributed by atoms with van der Waals surface area (Å²) in [5.41, 5.74) is 3.04. The van der Waals surface area contributed by atoms with Crippen LogP contribution >= 0.6 is 23.4 Å². The van der Waals surface area contributed by atoms with Gasteiger partial charge in [-0.15, -0.1) is 10.2 Å². The van der Waals surface area contributed by atoms with Gasteiger partial charge in [0.1, 0.15) is 0 Å². The monoisotopic (exact) mass is 462 g/mol. The zero-order chi connectivity index (χ0) is 22.3. The average molecular weight is 463 g/mol. The first-order valence-corrected chi connectivity index (χ1v) is 11.6. The maximum Gasteiger partial charge on any atom is 0.233 e. The van der Waals surface area contributed by atoms with E-state index < -0.39 is 0 Å². The van der Waals surface area contributed by atoms with Gasteiger partial charge in [-0.05, 0) is 23.3 Å². The summed E-state index contributed by atoms with van der Waals surface area (Å²) in [5, 5.41) is 10.1. The van der Waals surface area contributed by atoms with Gasteiger partial charge < -0.3 is 4.90 Å². The summed E-state index contributed by atoms with van der Waals surface area (Å²) in [7, 11) is 1.82. The number of halogens is 1. The molecule has 0 saturated heterocycles. The SMILES string of the molecule is CN(Cc1ccccc1)C(=O)CSc1nnc(-c2ccccc2Cl)n1Cc1ccccc1. The smallest absolute Gasteiger partial charge is 0.233 e. The van der Waals surface area contributed by atoms with Crippen LogP contribution < -0.4 is 0 Å². The molecule has 0 N–H and O–H groups in total. The molecule has 4 rings (SSSR count). The summed E-state index contributed by atoms with van der Waals surface area (Å²) < 4.78 is 2.02. The van der Waals surface area contributed by atoms with E-state index in [1.54, 1.807) is 4.90 Å². The van der Waals surface area contributed by atoms with Gasteiger partial charge in [0.05, 0.1) is 17.3 Å². The molecule has 0 radical (unpaired) electrons. The van der Waals surface area contributed by atoms with Crippen molar-refractivity contribution in [2.24, 2.45) is 0 Å². The Hall–Kier alpha value is -3.09. The number of hydrogen-bond donors (Lipinski definition) is 0. The van der Waals surface area contributed by atoms with E-state index >= 15 is 0 Å². The van der Waals surface area contributed by atoms with Gasteiger partial charge in [-0.25, -0.2) is 0 Å². The van der Waals surface area contributed by atoms with Crippen LogP contribution in [0.15, 0.2) is 90.1 Å². The third-order valence-electron chi connectivity index (χ3n) is 5.03. The minimum atomic E-state index is 0.0346. The van der Waals surface area contributed by atoms with Gasteiger partial charge in [0.25, 0.3) is 0 Å². The first-order valence-electron chi connectivity index (χ1n) is 10.2. The molecular weight excluding hydrogens is 440 g/mol. The fourth-order valence-corrected chi connectivity index (χ4v) is 4.43. The topological polar surface area (TPSA) is 51.0 Å². The average Bonchev–Trinajstić information content (AvgIpc) is 3.21. The van der Waals surface area contributed by atoms with Crippen molar-refractivity contribution in [3.8, 4) is 11.4 Å². The second-order valence-electron chi connectivity index (χ2n) is 7.38. The second kappa shape index (κ2) is 10.5. The maximum absolute atomic E-state index is 12.7. The van der Waals surface area contributed by atoms with Crippen LogP contribution in [0.5, 0.6) is 0 Å². The number of hydrogen-bond acceptors (Lipinski definition) is 4. The molecule has 0 aliphatic carbocycles. The second-order valence-corrected chi connectivity index (χ2v) is 8.73. The Morgan fingerprint density at radius 2 is 1.53 bits per heavy atom. The number of carbonyl (C=O) groups is 1.